The largest absolute Gasteiger partial charge is 0.341 e. The predicted molar refractivity (Wildman–Crippen MR) is 151 cm³/mol. The summed E-state index contributed by atoms with van der Waals surface area (Å²) in [5.74, 6) is 0.636. The molecule has 2 aliphatic rings. The van der Waals surface area contributed by atoms with Crippen LogP contribution in [0, 0.1) is 0 Å². The van der Waals surface area contributed by atoms with Crippen LogP contribution in [0.2, 0.25) is 5.02 Å². The number of carbonyl (C=O) groups is 2. The van der Waals surface area contributed by atoms with Crippen LogP contribution in [-0.2, 0) is 27.8 Å². The normalized spacial score (nSPS) is 16.9. The van der Waals surface area contributed by atoms with Crippen molar-refractivity contribution in [2.45, 2.75) is 51.0 Å². The number of halogens is 1. The number of likely N-dealkylation sites (tertiary alicyclic amines) is 1. The maximum Gasteiger partial charge on any atom is 0.236 e. The van der Waals surface area contributed by atoms with Crippen LogP contribution in [0.25, 0.3) is 0 Å². The first-order chi connectivity index (χ1) is 18.6. The van der Waals surface area contributed by atoms with E-state index in [-0.39, 0.29) is 17.9 Å². The molecule has 1 saturated heterocycles. The number of hydrogen-bond donors (Lipinski definition) is 2. The second-order valence-electron chi connectivity index (χ2n) is 11.1. The Morgan fingerprint density at radius 1 is 1.21 bits per heavy atom. The lowest BCUT2D eigenvalue weighted by Gasteiger charge is -2.32. The van der Waals surface area contributed by atoms with Crippen LogP contribution in [0.1, 0.15) is 49.6 Å². The molecule has 39 heavy (non-hydrogen) atoms. The van der Waals surface area contributed by atoms with Gasteiger partial charge >= 0.3 is 0 Å². The van der Waals surface area contributed by atoms with Crippen molar-refractivity contribution >= 4 is 40.7 Å². The van der Waals surface area contributed by atoms with Crippen LogP contribution >= 0.6 is 11.6 Å². The average Bonchev–Trinajstić information content (AvgIpc) is 3.45. The quantitative estimate of drug-likeness (QED) is 0.439. The van der Waals surface area contributed by atoms with Crippen LogP contribution in [-0.4, -0.2) is 75.1 Å². The molecule has 2 N–H and O–H groups in total. The zero-order valence-corrected chi connectivity index (χ0v) is 23.6. The van der Waals surface area contributed by atoms with Crippen LogP contribution in [0.4, 0.5) is 17.3 Å². The number of rotatable bonds is 8. The zero-order valence-electron chi connectivity index (χ0n) is 22.9. The van der Waals surface area contributed by atoms with E-state index < -0.39 is 5.41 Å². The molecular weight excluding hydrogens is 516 g/mol. The Kier molecular flexibility index (Phi) is 7.59. The third-order valence-electron chi connectivity index (χ3n) is 7.54. The fraction of sp³-hybridized carbons (Fsp3) is 0.464. The first-order valence-electron chi connectivity index (χ1n) is 13.3. The van der Waals surface area contributed by atoms with Crippen molar-refractivity contribution in [2.24, 2.45) is 0 Å². The Hall–Kier alpha value is -3.50. The zero-order chi connectivity index (χ0) is 27.7. The number of nitrogens with one attached hydrogen (secondary N) is 2. The highest BCUT2D eigenvalue weighted by Crippen LogP contribution is 2.40. The third-order valence-corrected chi connectivity index (χ3v) is 7.86. The van der Waals surface area contributed by atoms with Crippen molar-refractivity contribution in [3.63, 3.8) is 0 Å². The summed E-state index contributed by atoms with van der Waals surface area (Å²) in [6, 6.07) is 6.21. The van der Waals surface area contributed by atoms with Crippen molar-refractivity contribution in [3.05, 3.63) is 58.6 Å². The standard InChI is InChI=1S/C28H35ClN8O2/c1-28(2)25-18(6-5-7-23(25)33-26(28)39)8-9-22-21(29)15-30-27(34-22)32-19-14-31-37(16-19)20-10-12-36(13-11-20)24(38)17-35(3)4/h5-7,14-16,20H,8-13,17H2,1-4H3,(H,33,39)(H,30,32,34). The molecule has 1 fully saturated rings. The molecule has 3 aromatic rings. The number of anilines is 3. The molecule has 0 radical (unpaired) electrons. The highest BCUT2D eigenvalue weighted by molar-refractivity contribution is 6.31. The van der Waals surface area contributed by atoms with Crippen molar-refractivity contribution < 1.29 is 9.59 Å². The maximum atomic E-state index is 12.4. The van der Waals surface area contributed by atoms with E-state index in [0.717, 1.165) is 54.1 Å². The minimum atomic E-state index is -0.577. The van der Waals surface area contributed by atoms with Gasteiger partial charge in [-0.1, -0.05) is 23.7 Å². The summed E-state index contributed by atoms with van der Waals surface area (Å²) in [5, 5.41) is 11.3. The first-order valence-corrected chi connectivity index (χ1v) is 13.7. The Morgan fingerprint density at radius 2 is 1.97 bits per heavy atom. The van der Waals surface area contributed by atoms with Gasteiger partial charge in [0.1, 0.15) is 0 Å². The third kappa shape index (κ3) is 5.77. The molecule has 2 aliphatic heterocycles. The number of nitrogens with zero attached hydrogens (tertiary/aromatic N) is 6. The monoisotopic (exact) mass is 550 g/mol. The maximum absolute atomic E-state index is 12.4. The number of benzene rings is 1. The number of aryl methyl sites for hydroxylation is 2. The number of fused-ring (bicyclic) bond motifs is 1. The second-order valence-corrected chi connectivity index (χ2v) is 11.5. The van der Waals surface area contributed by atoms with Gasteiger partial charge in [-0.05, 0) is 70.8 Å². The summed E-state index contributed by atoms with van der Waals surface area (Å²) in [6.45, 7) is 5.80. The van der Waals surface area contributed by atoms with Gasteiger partial charge in [0, 0.05) is 25.0 Å². The minimum Gasteiger partial charge on any atom is -0.341 e. The molecule has 0 unspecified atom stereocenters. The van der Waals surface area contributed by atoms with E-state index in [1.54, 1.807) is 12.4 Å². The van der Waals surface area contributed by atoms with Gasteiger partial charge in [0.2, 0.25) is 17.8 Å². The lowest BCUT2D eigenvalue weighted by Crippen LogP contribution is -2.43. The van der Waals surface area contributed by atoms with E-state index in [9.17, 15) is 9.59 Å². The summed E-state index contributed by atoms with van der Waals surface area (Å²) >= 11 is 6.46. The summed E-state index contributed by atoms with van der Waals surface area (Å²) in [4.78, 5) is 37.7. The fourth-order valence-corrected chi connectivity index (χ4v) is 5.60. The highest BCUT2D eigenvalue weighted by atomic mass is 35.5. The Balaban J connectivity index is 1.22. The van der Waals surface area contributed by atoms with E-state index in [1.165, 1.54) is 0 Å². The van der Waals surface area contributed by atoms with Gasteiger partial charge < -0.3 is 20.4 Å². The number of hydrogen-bond acceptors (Lipinski definition) is 7. The highest BCUT2D eigenvalue weighted by Gasteiger charge is 2.39. The summed E-state index contributed by atoms with van der Waals surface area (Å²) in [7, 11) is 3.82. The number of amides is 2. The Bertz CT molecular complexity index is 1380. The van der Waals surface area contributed by atoms with E-state index in [0.29, 0.717) is 30.4 Å². The lowest BCUT2D eigenvalue weighted by molar-refractivity contribution is -0.133. The van der Waals surface area contributed by atoms with Gasteiger partial charge in [0.05, 0.1) is 46.8 Å². The van der Waals surface area contributed by atoms with Gasteiger partial charge in [0.25, 0.3) is 0 Å². The molecule has 10 nitrogen and oxygen atoms in total. The van der Waals surface area contributed by atoms with E-state index >= 15 is 0 Å². The molecule has 1 aromatic carbocycles. The predicted octanol–water partition coefficient (Wildman–Crippen LogP) is 3.81. The van der Waals surface area contributed by atoms with E-state index in [2.05, 4.69) is 31.8 Å². The van der Waals surface area contributed by atoms with Crippen molar-refractivity contribution in [1.82, 2.24) is 29.5 Å². The fourth-order valence-electron chi connectivity index (χ4n) is 5.42. The van der Waals surface area contributed by atoms with Crippen molar-refractivity contribution in [3.8, 4) is 0 Å². The minimum absolute atomic E-state index is 0.0143. The van der Waals surface area contributed by atoms with Crippen LogP contribution in [0.15, 0.2) is 36.8 Å². The summed E-state index contributed by atoms with van der Waals surface area (Å²) in [6.07, 6.45) is 8.37. The molecule has 5 rings (SSSR count). The number of piperidine rings is 1. The second kappa shape index (κ2) is 10.9. The molecule has 0 atom stereocenters. The van der Waals surface area contributed by atoms with Gasteiger partial charge in [-0.3, -0.25) is 14.3 Å². The molecule has 0 spiro atoms. The Morgan fingerprint density at radius 3 is 2.72 bits per heavy atom. The smallest absolute Gasteiger partial charge is 0.236 e. The van der Waals surface area contributed by atoms with Crippen molar-refractivity contribution in [2.75, 3.05) is 44.4 Å². The molecule has 0 aliphatic carbocycles. The van der Waals surface area contributed by atoms with Gasteiger partial charge in [-0.2, -0.15) is 5.10 Å². The summed E-state index contributed by atoms with van der Waals surface area (Å²) < 4.78 is 1.96. The van der Waals surface area contributed by atoms with E-state index in [1.807, 2.05) is 60.8 Å². The SMILES string of the molecule is CN(C)CC(=O)N1CCC(n2cc(Nc3ncc(Cl)c(CCc4cccc5c4C(C)(C)C(=O)N5)n3)cn2)CC1. The number of likely N-dealkylation sites (N-methyl/N-ethyl adjacent to an activating group) is 1. The lowest BCUT2D eigenvalue weighted by atomic mass is 9.82. The van der Waals surface area contributed by atoms with E-state index in [4.69, 9.17) is 11.6 Å². The number of carbonyl (C=O) groups excluding carboxylic acids is 2. The van der Waals surface area contributed by atoms with Crippen molar-refractivity contribution in [1.29, 1.82) is 0 Å². The molecule has 0 saturated carbocycles. The summed E-state index contributed by atoms with van der Waals surface area (Å²) in [5.41, 5.74) is 3.98. The average molecular weight is 551 g/mol. The first kappa shape index (κ1) is 27.1. The molecule has 4 heterocycles. The Labute approximate surface area is 233 Å². The van der Waals surface area contributed by atoms with Crippen LogP contribution < -0.4 is 10.6 Å². The number of aromatic nitrogens is 4. The molecule has 11 heteroatoms. The van der Waals surface area contributed by atoms with Crippen LogP contribution in [0.5, 0.6) is 0 Å². The topological polar surface area (TPSA) is 108 Å². The van der Waals surface area contributed by atoms with Crippen LogP contribution in [0.3, 0.4) is 0 Å². The molecule has 2 amide bonds. The molecule has 206 valence electrons. The van der Waals surface area contributed by atoms with Gasteiger partial charge in [-0.25, -0.2) is 9.97 Å². The van der Waals surface area contributed by atoms with Gasteiger partial charge in [-0.15, -0.1) is 0 Å². The molecular formula is C28H35ClN8O2. The molecule has 2 aromatic heterocycles. The molecule has 0 bridgehead atoms. The van der Waals surface area contributed by atoms with Gasteiger partial charge in [0.15, 0.2) is 0 Å².